The van der Waals surface area contributed by atoms with Crippen LogP contribution in [-0.4, -0.2) is 80.5 Å². The Balaban J connectivity index is 0.000000150. The van der Waals surface area contributed by atoms with Crippen molar-refractivity contribution in [3.8, 4) is 11.4 Å². The van der Waals surface area contributed by atoms with E-state index in [0.717, 1.165) is 115 Å². The van der Waals surface area contributed by atoms with Crippen LogP contribution in [-0.2, 0) is 23.7 Å². The third kappa shape index (κ3) is 7.83. The number of hydrogen-bond donors (Lipinski definition) is 0. The molecule has 0 amide bonds. The van der Waals surface area contributed by atoms with Gasteiger partial charge in [0.25, 0.3) is 0 Å². The molecule has 13 nitrogen and oxygen atoms in total. The molecule has 13 heteroatoms. The van der Waals surface area contributed by atoms with Crippen molar-refractivity contribution in [2.45, 2.75) is 119 Å². The number of hydrogen-bond acceptors (Lipinski definition) is 11. The van der Waals surface area contributed by atoms with Crippen LogP contribution in [0.4, 0.5) is 0 Å². The third-order valence-corrected chi connectivity index (χ3v) is 14.1. The lowest BCUT2D eigenvalue weighted by atomic mass is 9.77. The molecule has 0 radical (unpaired) electrons. The number of rotatable bonds is 8. The van der Waals surface area contributed by atoms with Crippen molar-refractivity contribution in [2.24, 2.45) is 0 Å². The van der Waals surface area contributed by atoms with Crippen molar-refractivity contribution in [3.05, 3.63) is 107 Å². The van der Waals surface area contributed by atoms with Crippen LogP contribution in [0.1, 0.15) is 157 Å². The Bertz CT molecular complexity index is 2640. The van der Waals surface area contributed by atoms with E-state index in [4.69, 9.17) is 39.1 Å². The summed E-state index contributed by atoms with van der Waals surface area (Å²) in [7, 11) is 2.78. The van der Waals surface area contributed by atoms with Crippen LogP contribution >= 0.6 is 0 Å². The van der Waals surface area contributed by atoms with Crippen molar-refractivity contribution in [2.75, 3.05) is 27.4 Å². The molecule has 326 valence electrons. The molecule has 2 aromatic carbocycles. The number of carbonyl (C=O) groups excluding carboxylic acids is 3. The number of aromatic nitrogens is 6. The molecule has 0 bridgehead atoms. The molecular formula is C50H54N6O7. The van der Waals surface area contributed by atoms with Gasteiger partial charge < -0.3 is 18.9 Å². The van der Waals surface area contributed by atoms with Gasteiger partial charge in [-0.15, -0.1) is 0 Å². The molecule has 11 rings (SSSR count). The third-order valence-electron chi connectivity index (χ3n) is 14.1. The summed E-state index contributed by atoms with van der Waals surface area (Å²) in [5, 5.41) is 12.3. The molecule has 1 spiro atoms. The number of pyridine rings is 2. The Morgan fingerprint density at radius 3 is 1.43 bits per heavy atom. The summed E-state index contributed by atoms with van der Waals surface area (Å²) in [6.45, 7) is 1.35. The fraction of sp³-hybridized carbons (Fsp3) is 0.460. The minimum absolute atomic E-state index is 0.226. The maximum Gasteiger partial charge on any atom is 0.356 e. The van der Waals surface area contributed by atoms with Crippen LogP contribution in [0, 0.1) is 0 Å². The Morgan fingerprint density at radius 1 is 0.603 bits per heavy atom. The number of nitrogens with zero attached hydrogens (tertiary/aromatic N) is 6. The Hall–Kier alpha value is -5.79. The van der Waals surface area contributed by atoms with Crippen molar-refractivity contribution < 1.29 is 33.3 Å². The van der Waals surface area contributed by atoms with E-state index in [9.17, 15) is 14.4 Å². The zero-order valence-electron chi connectivity index (χ0n) is 36.1. The van der Waals surface area contributed by atoms with Crippen LogP contribution in [0.5, 0.6) is 0 Å². The first-order chi connectivity index (χ1) is 30.8. The van der Waals surface area contributed by atoms with Gasteiger partial charge >= 0.3 is 11.9 Å². The summed E-state index contributed by atoms with van der Waals surface area (Å²) in [6.07, 6.45) is 13.4. The van der Waals surface area contributed by atoms with Gasteiger partial charge in [0.2, 0.25) is 0 Å². The fourth-order valence-corrected chi connectivity index (χ4v) is 10.2. The Kier molecular flexibility index (Phi) is 11.4. The van der Waals surface area contributed by atoms with Gasteiger partial charge in [-0.3, -0.25) is 4.79 Å². The Labute approximate surface area is 366 Å². The van der Waals surface area contributed by atoms with E-state index in [2.05, 4.69) is 0 Å². The molecule has 0 atom stereocenters. The standard InChI is InChI=1S/C26H29N3O4.C24H25N3O3/c1-31-25(30)21-16-20(17-10-12-26(13-11-17)32-14-15-33-26)22-23(18-6-5-7-18)28-29(24(22)27-21)19-8-3-2-4-9-19;1-30-24(29)20-14-19(15-10-12-18(28)13-11-15)21-22(16-6-5-7-16)26-27(23(21)25-20)17-8-3-2-4-9-17/h2-4,8-9,16-18H,5-7,10-15H2,1H3;2-4,8-9,14-16H,5-7,10-13H2,1H3. The molecular weight excluding hydrogens is 797 g/mol. The molecule has 1 saturated heterocycles. The SMILES string of the molecule is COC(=O)c1cc(C2CCC(=O)CC2)c2c(C3CCC3)nn(-c3ccccc3)c2n1.COC(=O)c1cc(C2CCC3(CC2)OCCO3)c2c(C3CCC3)nn(-c3ccccc3)c2n1. The normalized spacial score (nSPS) is 19.4. The van der Waals surface area contributed by atoms with E-state index in [1.807, 2.05) is 82.2 Å². The number of para-hydroxylation sites is 2. The molecule has 6 aromatic rings. The van der Waals surface area contributed by atoms with Gasteiger partial charge in [-0.25, -0.2) is 28.9 Å². The topological polar surface area (TPSA) is 150 Å². The highest BCUT2D eigenvalue weighted by atomic mass is 16.7. The molecule has 5 fully saturated rings. The lowest BCUT2D eigenvalue weighted by Crippen LogP contribution is -2.34. The average molecular weight is 851 g/mol. The van der Waals surface area contributed by atoms with E-state index in [0.29, 0.717) is 66.6 Å². The molecule has 63 heavy (non-hydrogen) atoms. The summed E-state index contributed by atoms with van der Waals surface area (Å²) < 4.78 is 25.7. The van der Waals surface area contributed by atoms with Crippen molar-refractivity contribution in [3.63, 3.8) is 0 Å². The summed E-state index contributed by atoms with van der Waals surface area (Å²) >= 11 is 0. The number of fused-ring (bicyclic) bond motifs is 2. The highest BCUT2D eigenvalue weighted by molar-refractivity contribution is 5.95. The molecule has 5 aliphatic rings. The lowest BCUT2D eigenvalue weighted by molar-refractivity contribution is -0.178. The van der Waals surface area contributed by atoms with Gasteiger partial charge in [0.1, 0.15) is 5.78 Å². The second-order valence-corrected chi connectivity index (χ2v) is 17.8. The van der Waals surface area contributed by atoms with E-state index >= 15 is 0 Å². The largest absolute Gasteiger partial charge is 0.464 e. The van der Waals surface area contributed by atoms with Gasteiger partial charge in [0, 0.05) is 48.3 Å². The van der Waals surface area contributed by atoms with Gasteiger partial charge in [-0.1, -0.05) is 49.2 Å². The number of ketones is 1. The minimum atomic E-state index is -0.448. The van der Waals surface area contributed by atoms with Crippen molar-refractivity contribution >= 4 is 39.8 Å². The number of ether oxygens (including phenoxy) is 4. The predicted octanol–water partition coefficient (Wildman–Crippen LogP) is 9.58. The molecule has 0 N–H and O–H groups in total. The first-order valence-electron chi connectivity index (χ1n) is 22.8. The Morgan fingerprint density at radius 2 is 1.03 bits per heavy atom. The second-order valence-electron chi connectivity index (χ2n) is 17.8. The van der Waals surface area contributed by atoms with Gasteiger partial charge in [0.05, 0.1) is 50.2 Å². The fourth-order valence-electron chi connectivity index (χ4n) is 10.2. The quantitative estimate of drug-likeness (QED) is 0.135. The number of carbonyl (C=O) groups is 3. The predicted molar refractivity (Wildman–Crippen MR) is 236 cm³/mol. The van der Waals surface area contributed by atoms with Crippen LogP contribution in [0.25, 0.3) is 33.4 Å². The number of esters is 2. The monoisotopic (exact) mass is 850 g/mol. The summed E-state index contributed by atoms with van der Waals surface area (Å²) in [5.41, 5.74) is 8.42. The van der Waals surface area contributed by atoms with Crippen LogP contribution in [0.3, 0.4) is 0 Å². The van der Waals surface area contributed by atoms with E-state index < -0.39 is 17.7 Å². The number of benzene rings is 2. The zero-order valence-corrected chi connectivity index (χ0v) is 36.1. The molecule has 4 saturated carbocycles. The number of methoxy groups -OCH3 is 2. The highest BCUT2D eigenvalue weighted by Gasteiger charge is 2.42. The van der Waals surface area contributed by atoms with Crippen molar-refractivity contribution in [1.82, 2.24) is 29.5 Å². The van der Waals surface area contributed by atoms with E-state index in [-0.39, 0.29) is 5.92 Å². The smallest absolute Gasteiger partial charge is 0.356 e. The maximum absolute atomic E-state index is 12.6. The average Bonchev–Trinajstić information content (AvgIpc) is 4.02. The first kappa shape index (κ1) is 41.2. The maximum atomic E-state index is 12.6. The number of Topliss-reactive ketones (excluding diaryl/α,β-unsaturated/α-hetero) is 1. The molecule has 5 heterocycles. The molecule has 4 aromatic heterocycles. The summed E-state index contributed by atoms with van der Waals surface area (Å²) in [6, 6.07) is 23.8. The van der Waals surface area contributed by atoms with E-state index in [1.165, 1.54) is 27.1 Å². The first-order valence-corrected chi connectivity index (χ1v) is 22.8. The van der Waals surface area contributed by atoms with Gasteiger partial charge in [-0.05, 0) is 111 Å². The molecule has 0 unspecified atom stereocenters. The van der Waals surface area contributed by atoms with Crippen LogP contribution in [0.2, 0.25) is 0 Å². The van der Waals surface area contributed by atoms with Gasteiger partial charge in [-0.2, -0.15) is 10.2 Å². The minimum Gasteiger partial charge on any atom is -0.464 e. The van der Waals surface area contributed by atoms with Crippen LogP contribution in [0.15, 0.2) is 72.8 Å². The summed E-state index contributed by atoms with van der Waals surface area (Å²) in [4.78, 5) is 46.4. The highest BCUT2D eigenvalue weighted by Crippen LogP contribution is 2.48. The zero-order chi connectivity index (χ0) is 43.1. The molecule has 1 aliphatic heterocycles. The van der Waals surface area contributed by atoms with Gasteiger partial charge in [0.15, 0.2) is 28.5 Å². The second kappa shape index (κ2) is 17.4. The van der Waals surface area contributed by atoms with Crippen LogP contribution < -0.4 is 0 Å². The molecule has 4 aliphatic carbocycles. The van der Waals surface area contributed by atoms with Crippen molar-refractivity contribution in [1.29, 1.82) is 0 Å². The van der Waals surface area contributed by atoms with E-state index in [1.54, 1.807) is 0 Å². The summed E-state index contributed by atoms with van der Waals surface area (Å²) in [5.74, 6) is 0.428. The lowest BCUT2D eigenvalue weighted by Gasteiger charge is -2.36.